The summed E-state index contributed by atoms with van der Waals surface area (Å²) in [5, 5.41) is 0. The van der Waals surface area contributed by atoms with Crippen molar-refractivity contribution in [1.82, 2.24) is 0 Å². The molecule has 4 radical (unpaired) electrons. The molecule has 2 N–H and O–H groups in total. The van der Waals surface area contributed by atoms with Gasteiger partial charge in [-0.3, -0.25) is 0 Å². The van der Waals surface area contributed by atoms with Crippen LogP contribution in [0.5, 0.6) is 0 Å². The van der Waals surface area contributed by atoms with Gasteiger partial charge in [0.25, 0.3) is 0 Å². The van der Waals surface area contributed by atoms with Crippen molar-refractivity contribution in [3.63, 3.8) is 0 Å². The Bertz CT molecular complexity index is 1760. The zero-order valence-electron chi connectivity index (χ0n) is 32.5. The molecule has 0 aliphatic rings. The summed E-state index contributed by atoms with van der Waals surface area (Å²) in [5.74, 6) is 0. The van der Waals surface area contributed by atoms with Crippen molar-refractivity contribution in [3.05, 3.63) is 164 Å². The van der Waals surface area contributed by atoms with E-state index in [-0.39, 0.29) is 34.9 Å². The molecule has 0 atom stereocenters. The molecule has 0 spiro atoms. The van der Waals surface area contributed by atoms with E-state index >= 15 is 0 Å². The van der Waals surface area contributed by atoms with Gasteiger partial charge in [0.05, 0.1) is 0 Å². The molecule has 3 heteroatoms. The van der Waals surface area contributed by atoms with Gasteiger partial charge in [-0.2, -0.15) is 0 Å². The molecule has 0 saturated heterocycles. The molecule has 0 aliphatic carbocycles. The van der Waals surface area contributed by atoms with Gasteiger partial charge in [-0.1, -0.05) is 107 Å². The fourth-order valence-electron chi connectivity index (χ4n) is 7.94. The van der Waals surface area contributed by atoms with Gasteiger partial charge in [0.1, 0.15) is 0 Å². The Labute approximate surface area is 324 Å². The van der Waals surface area contributed by atoms with Gasteiger partial charge in [-0.25, -0.2) is 0 Å². The van der Waals surface area contributed by atoms with E-state index in [1.165, 1.54) is 111 Å². The minimum atomic E-state index is 0. The van der Waals surface area contributed by atoms with Crippen LogP contribution in [0, 0.1) is 95.2 Å². The smallest absolute Gasteiger partial charge is 0.870 e. The SMILES string of the molecule is Cc1cc(C)c(-c2[c]c(-c3c(C)cc(C)cc3C)ccc2)c(C)c1.Cc1cc(C)c(-c2[c]c(-c3c(C)cc(C)cc3C)ccc2)c(C)c1.[OH-].[OH-].[Sn+2]. The standard InChI is InChI=1S/2C24H25.2H2O.Sn/c2*1-15-10-17(3)23(18(4)11-15)21-8-7-9-22(14-21)24-19(5)12-16(2)13-20(24)6;;;/h2*7-13H,1-6H3;2*1H2;/q;;;;+2/p-2. The van der Waals surface area contributed by atoms with Crippen LogP contribution in [0.25, 0.3) is 44.5 Å². The molecule has 0 heterocycles. The van der Waals surface area contributed by atoms with E-state index in [0.717, 1.165) is 0 Å². The molecule has 0 fully saturated rings. The normalized spacial score (nSPS) is 10.3. The Morgan fingerprint density at radius 3 is 0.608 bits per heavy atom. The second-order valence-electron chi connectivity index (χ2n) is 14.1. The molecule has 0 aromatic heterocycles. The third kappa shape index (κ3) is 9.68. The van der Waals surface area contributed by atoms with Gasteiger partial charge in [0.2, 0.25) is 0 Å². The fraction of sp³-hybridized carbons (Fsp3) is 0.250. The minimum absolute atomic E-state index is 0. The molecular formula is C48H52O2Sn. The van der Waals surface area contributed by atoms with Crippen molar-refractivity contribution in [2.24, 2.45) is 0 Å². The Morgan fingerprint density at radius 2 is 0.451 bits per heavy atom. The topological polar surface area (TPSA) is 60.0 Å². The Morgan fingerprint density at radius 1 is 0.294 bits per heavy atom. The van der Waals surface area contributed by atoms with Crippen LogP contribution in [0.3, 0.4) is 0 Å². The van der Waals surface area contributed by atoms with Crippen LogP contribution in [-0.2, 0) is 0 Å². The second kappa shape index (κ2) is 18.0. The van der Waals surface area contributed by atoms with Crippen molar-refractivity contribution in [1.29, 1.82) is 0 Å². The molecule has 260 valence electrons. The second-order valence-corrected chi connectivity index (χ2v) is 14.1. The first-order chi connectivity index (χ1) is 22.7. The van der Waals surface area contributed by atoms with Crippen molar-refractivity contribution in [2.75, 3.05) is 0 Å². The molecule has 0 bridgehead atoms. The maximum absolute atomic E-state index is 3.68. The van der Waals surface area contributed by atoms with Crippen LogP contribution in [0.1, 0.15) is 66.8 Å². The molecule has 0 amide bonds. The number of aryl methyl sites for hydroxylation is 12. The molecule has 6 aromatic carbocycles. The van der Waals surface area contributed by atoms with Crippen LogP contribution in [0.4, 0.5) is 0 Å². The average molecular weight is 780 g/mol. The third-order valence-corrected chi connectivity index (χ3v) is 9.38. The molecule has 2 nitrogen and oxygen atoms in total. The minimum Gasteiger partial charge on any atom is -0.870 e. The summed E-state index contributed by atoms with van der Waals surface area (Å²) in [6, 6.07) is 38.4. The maximum Gasteiger partial charge on any atom is 2.00 e. The van der Waals surface area contributed by atoms with Gasteiger partial charge in [-0.15, -0.1) is 0 Å². The van der Waals surface area contributed by atoms with Crippen molar-refractivity contribution < 1.29 is 11.0 Å². The Hall–Kier alpha value is -3.96. The summed E-state index contributed by atoms with van der Waals surface area (Å²) in [4.78, 5) is 0. The van der Waals surface area contributed by atoms with Crippen LogP contribution in [0.15, 0.2) is 84.9 Å². The zero-order chi connectivity index (χ0) is 34.9. The summed E-state index contributed by atoms with van der Waals surface area (Å²) >= 11 is 0. The first-order valence-electron chi connectivity index (χ1n) is 17.1. The van der Waals surface area contributed by atoms with Crippen LogP contribution in [0.2, 0.25) is 0 Å². The predicted molar refractivity (Wildman–Crippen MR) is 219 cm³/mol. The molecule has 0 saturated carbocycles. The van der Waals surface area contributed by atoms with E-state index in [4.69, 9.17) is 0 Å². The van der Waals surface area contributed by atoms with Gasteiger partial charge < -0.3 is 11.0 Å². The summed E-state index contributed by atoms with van der Waals surface area (Å²) in [7, 11) is 0. The predicted octanol–water partition coefficient (Wildman–Crippen LogP) is 12.6. The van der Waals surface area contributed by atoms with Gasteiger partial charge in [-0.05, 0) is 184 Å². The number of hydrogen-bond donors (Lipinski definition) is 0. The van der Waals surface area contributed by atoms with Gasteiger partial charge in [0, 0.05) is 0 Å². The summed E-state index contributed by atoms with van der Waals surface area (Å²) < 4.78 is 0. The molecule has 6 aromatic rings. The Balaban J connectivity index is 0.000000334. The Kier molecular flexibility index (Phi) is 15.2. The maximum atomic E-state index is 3.68. The van der Waals surface area contributed by atoms with E-state index in [9.17, 15) is 0 Å². The summed E-state index contributed by atoms with van der Waals surface area (Å²) in [6.45, 7) is 26.2. The van der Waals surface area contributed by atoms with Crippen molar-refractivity contribution in [3.8, 4) is 44.5 Å². The van der Waals surface area contributed by atoms with E-state index < -0.39 is 0 Å². The third-order valence-electron chi connectivity index (χ3n) is 9.38. The number of hydrogen-bond acceptors (Lipinski definition) is 2. The fourth-order valence-corrected chi connectivity index (χ4v) is 7.94. The average Bonchev–Trinajstić information content (AvgIpc) is 2.96. The first-order valence-corrected chi connectivity index (χ1v) is 17.1. The molecular weight excluding hydrogens is 727 g/mol. The monoisotopic (exact) mass is 780 g/mol. The van der Waals surface area contributed by atoms with Crippen molar-refractivity contribution in [2.45, 2.75) is 83.1 Å². The molecule has 0 aliphatic heterocycles. The zero-order valence-corrected chi connectivity index (χ0v) is 35.3. The number of rotatable bonds is 4. The quantitative estimate of drug-likeness (QED) is 0.167. The van der Waals surface area contributed by atoms with Crippen LogP contribution >= 0.6 is 0 Å². The van der Waals surface area contributed by atoms with E-state index in [2.05, 4.69) is 180 Å². The van der Waals surface area contributed by atoms with Crippen LogP contribution in [-0.4, -0.2) is 34.9 Å². The van der Waals surface area contributed by atoms with E-state index in [1.54, 1.807) is 0 Å². The molecule has 0 unspecified atom stereocenters. The van der Waals surface area contributed by atoms with Crippen molar-refractivity contribution >= 4 is 23.9 Å². The van der Waals surface area contributed by atoms with Gasteiger partial charge >= 0.3 is 23.9 Å². The van der Waals surface area contributed by atoms with Crippen LogP contribution < -0.4 is 0 Å². The van der Waals surface area contributed by atoms with Gasteiger partial charge in [0.15, 0.2) is 0 Å². The molecule has 6 rings (SSSR count). The molecule has 51 heavy (non-hydrogen) atoms. The van der Waals surface area contributed by atoms with E-state index in [1.807, 2.05) is 0 Å². The number of benzene rings is 6. The van der Waals surface area contributed by atoms with E-state index in [0.29, 0.717) is 0 Å². The summed E-state index contributed by atoms with van der Waals surface area (Å²) in [6.07, 6.45) is 0. The largest absolute Gasteiger partial charge is 2.00 e. The first kappa shape index (κ1) is 43.2. The summed E-state index contributed by atoms with van der Waals surface area (Å²) in [5.41, 5.74) is 25.8.